The van der Waals surface area contributed by atoms with Gasteiger partial charge in [0.1, 0.15) is 16.4 Å². The van der Waals surface area contributed by atoms with Gasteiger partial charge >= 0.3 is 0 Å². The highest BCUT2D eigenvalue weighted by molar-refractivity contribution is 7.17. The molecule has 0 saturated carbocycles. The molecule has 2 N–H and O–H groups in total. The third kappa shape index (κ3) is 3.83. The van der Waals surface area contributed by atoms with Crippen molar-refractivity contribution in [3.63, 3.8) is 0 Å². The van der Waals surface area contributed by atoms with Crippen molar-refractivity contribution in [2.24, 2.45) is 0 Å². The Hall–Kier alpha value is -2.39. The van der Waals surface area contributed by atoms with Gasteiger partial charge in [-0.1, -0.05) is 11.3 Å². The molecule has 0 atom stereocenters. The van der Waals surface area contributed by atoms with E-state index >= 15 is 0 Å². The van der Waals surface area contributed by atoms with Gasteiger partial charge in [-0.05, 0) is 26.8 Å². The Bertz CT molecular complexity index is 792. The summed E-state index contributed by atoms with van der Waals surface area (Å²) in [5.74, 6) is 0.342. The molecule has 1 saturated heterocycles. The Morgan fingerprint density at radius 1 is 1.16 bits per heavy atom. The van der Waals surface area contributed by atoms with Crippen LogP contribution in [0.3, 0.4) is 0 Å². The summed E-state index contributed by atoms with van der Waals surface area (Å²) in [7, 11) is 0. The first-order valence-corrected chi connectivity index (χ1v) is 8.75. The number of aromatic nitrogens is 1. The summed E-state index contributed by atoms with van der Waals surface area (Å²) in [4.78, 5) is 31.5. The largest absolute Gasteiger partial charge is 0.466 e. The molecule has 1 aliphatic heterocycles. The highest BCUT2D eigenvalue weighted by atomic mass is 32.1. The van der Waals surface area contributed by atoms with Crippen molar-refractivity contribution in [2.75, 3.05) is 31.2 Å². The number of amides is 2. The number of ether oxygens (including phenoxy) is 1. The average molecular weight is 364 g/mol. The van der Waals surface area contributed by atoms with Crippen molar-refractivity contribution in [1.82, 2.24) is 15.8 Å². The van der Waals surface area contributed by atoms with Crippen LogP contribution >= 0.6 is 11.3 Å². The van der Waals surface area contributed by atoms with Crippen molar-refractivity contribution >= 4 is 28.3 Å². The second-order valence-electron chi connectivity index (χ2n) is 5.75. The van der Waals surface area contributed by atoms with Crippen molar-refractivity contribution in [2.45, 2.75) is 20.8 Å². The van der Waals surface area contributed by atoms with E-state index in [0.717, 1.165) is 18.2 Å². The number of hydrogen-bond acceptors (Lipinski definition) is 7. The van der Waals surface area contributed by atoms with E-state index < -0.39 is 5.91 Å². The Labute approximate surface area is 149 Å². The number of rotatable bonds is 3. The maximum Gasteiger partial charge on any atom is 0.281 e. The molecule has 0 aromatic carbocycles. The molecule has 9 heteroatoms. The van der Waals surface area contributed by atoms with E-state index in [4.69, 9.17) is 9.15 Å². The second kappa shape index (κ2) is 7.24. The van der Waals surface area contributed by atoms with Crippen LogP contribution in [0, 0.1) is 20.8 Å². The maximum absolute atomic E-state index is 12.4. The van der Waals surface area contributed by atoms with Crippen LogP contribution in [-0.2, 0) is 4.74 Å². The number of thiazole rings is 1. The first kappa shape index (κ1) is 17.4. The first-order valence-electron chi connectivity index (χ1n) is 7.93. The maximum atomic E-state index is 12.4. The van der Waals surface area contributed by atoms with Gasteiger partial charge in [-0.2, -0.15) is 0 Å². The van der Waals surface area contributed by atoms with Gasteiger partial charge in [-0.15, -0.1) is 0 Å². The van der Waals surface area contributed by atoms with Gasteiger partial charge < -0.3 is 14.1 Å². The normalized spacial score (nSPS) is 14.4. The summed E-state index contributed by atoms with van der Waals surface area (Å²) in [5.41, 5.74) is 5.88. The Kier molecular flexibility index (Phi) is 5.05. The number of morpholine rings is 1. The van der Waals surface area contributed by atoms with Crippen LogP contribution in [-0.4, -0.2) is 43.1 Å². The monoisotopic (exact) mass is 364 g/mol. The summed E-state index contributed by atoms with van der Waals surface area (Å²) in [6.45, 7) is 8.05. The van der Waals surface area contributed by atoms with E-state index in [2.05, 4.69) is 20.7 Å². The van der Waals surface area contributed by atoms with Crippen LogP contribution in [0.2, 0.25) is 0 Å². The summed E-state index contributed by atoms with van der Waals surface area (Å²) in [6, 6.07) is 1.63. The number of furan rings is 1. The molecule has 134 valence electrons. The van der Waals surface area contributed by atoms with Gasteiger partial charge in [0.25, 0.3) is 11.8 Å². The Morgan fingerprint density at radius 3 is 2.48 bits per heavy atom. The highest BCUT2D eigenvalue weighted by Crippen LogP contribution is 2.26. The van der Waals surface area contributed by atoms with Crippen LogP contribution < -0.4 is 15.8 Å². The Balaban J connectivity index is 1.64. The molecular formula is C16H20N4O4S. The number of carbonyl (C=O) groups excluding carboxylic acids is 2. The molecule has 1 aliphatic rings. The van der Waals surface area contributed by atoms with E-state index in [9.17, 15) is 9.59 Å². The van der Waals surface area contributed by atoms with Gasteiger partial charge in [-0.3, -0.25) is 20.4 Å². The van der Waals surface area contributed by atoms with Crippen LogP contribution in [0.1, 0.15) is 37.2 Å². The van der Waals surface area contributed by atoms with Gasteiger partial charge in [-0.25, -0.2) is 4.98 Å². The molecule has 2 aromatic heterocycles. The molecular weight excluding hydrogens is 344 g/mol. The molecule has 25 heavy (non-hydrogen) atoms. The van der Waals surface area contributed by atoms with Crippen LogP contribution in [0.15, 0.2) is 10.5 Å². The number of hydrazine groups is 1. The predicted octanol–water partition coefficient (Wildman–Crippen LogP) is 1.57. The molecule has 3 rings (SSSR count). The summed E-state index contributed by atoms with van der Waals surface area (Å²) >= 11 is 1.31. The molecule has 1 fully saturated rings. The molecule has 0 spiro atoms. The highest BCUT2D eigenvalue weighted by Gasteiger charge is 2.21. The first-order chi connectivity index (χ1) is 12.0. The average Bonchev–Trinajstić information content (AvgIpc) is 3.15. The SMILES string of the molecule is Cc1cc(C(=O)NNC(=O)c2sc(N3CCOCC3)nc2C)c(C)o1. The lowest BCUT2D eigenvalue weighted by Crippen LogP contribution is -2.41. The quantitative estimate of drug-likeness (QED) is 0.803. The van der Waals surface area contributed by atoms with Crippen LogP contribution in [0.25, 0.3) is 0 Å². The molecule has 8 nitrogen and oxygen atoms in total. The number of carbonyl (C=O) groups is 2. The van der Waals surface area contributed by atoms with E-state index in [-0.39, 0.29) is 5.91 Å². The number of hydrogen-bond donors (Lipinski definition) is 2. The lowest BCUT2D eigenvalue weighted by Gasteiger charge is -2.25. The molecule has 3 heterocycles. The summed E-state index contributed by atoms with van der Waals surface area (Å²) in [5, 5.41) is 0.790. The third-order valence-corrected chi connectivity index (χ3v) is 5.07. The fourth-order valence-corrected chi connectivity index (χ4v) is 3.59. The standard InChI is InChI=1S/C16H20N4O4S/c1-9-8-12(11(3)24-9)14(21)18-19-15(22)13-10(2)17-16(25-13)20-4-6-23-7-5-20/h8H,4-7H2,1-3H3,(H,18,21)(H,19,22). The van der Waals surface area contributed by atoms with E-state index in [1.165, 1.54) is 11.3 Å². The minimum Gasteiger partial charge on any atom is -0.466 e. The molecule has 0 unspecified atom stereocenters. The second-order valence-corrected chi connectivity index (χ2v) is 6.72. The van der Waals surface area contributed by atoms with Crippen molar-refractivity contribution in [3.05, 3.63) is 33.7 Å². The van der Waals surface area contributed by atoms with E-state index in [1.807, 2.05) is 0 Å². The van der Waals surface area contributed by atoms with Gasteiger partial charge in [0.2, 0.25) is 0 Å². The zero-order valence-electron chi connectivity index (χ0n) is 14.3. The zero-order chi connectivity index (χ0) is 18.0. The number of nitrogens with zero attached hydrogens (tertiary/aromatic N) is 2. The predicted molar refractivity (Wildman–Crippen MR) is 93.0 cm³/mol. The summed E-state index contributed by atoms with van der Waals surface area (Å²) < 4.78 is 10.6. The van der Waals surface area contributed by atoms with E-state index in [0.29, 0.717) is 40.9 Å². The van der Waals surface area contributed by atoms with Crippen molar-refractivity contribution in [1.29, 1.82) is 0 Å². The topological polar surface area (TPSA) is 96.7 Å². The van der Waals surface area contributed by atoms with Gasteiger partial charge in [0.15, 0.2) is 5.13 Å². The molecule has 0 aliphatic carbocycles. The minimum absolute atomic E-state index is 0.388. The Morgan fingerprint density at radius 2 is 1.84 bits per heavy atom. The number of nitrogens with one attached hydrogen (secondary N) is 2. The lowest BCUT2D eigenvalue weighted by molar-refractivity contribution is 0.0847. The fraction of sp³-hybridized carbons (Fsp3) is 0.438. The lowest BCUT2D eigenvalue weighted by atomic mass is 10.2. The van der Waals surface area contributed by atoms with E-state index in [1.54, 1.807) is 26.8 Å². The van der Waals surface area contributed by atoms with Crippen LogP contribution in [0.5, 0.6) is 0 Å². The zero-order valence-corrected chi connectivity index (χ0v) is 15.2. The summed E-state index contributed by atoms with van der Waals surface area (Å²) in [6.07, 6.45) is 0. The third-order valence-electron chi connectivity index (χ3n) is 3.85. The molecule has 0 bridgehead atoms. The molecule has 2 aromatic rings. The molecule has 2 amide bonds. The number of aryl methyl sites for hydroxylation is 3. The number of anilines is 1. The van der Waals surface area contributed by atoms with Crippen LogP contribution in [0.4, 0.5) is 5.13 Å². The fourth-order valence-electron chi connectivity index (χ4n) is 2.58. The van der Waals surface area contributed by atoms with Crippen molar-refractivity contribution < 1.29 is 18.7 Å². The minimum atomic E-state index is -0.418. The van der Waals surface area contributed by atoms with Crippen molar-refractivity contribution in [3.8, 4) is 0 Å². The van der Waals surface area contributed by atoms with Gasteiger partial charge in [0.05, 0.1) is 24.5 Å². The smallest absolute Gasteiger partial charge is 0.281 e. The molecule has 0 radical (unpaired) electrons. The van der Waals surface area contributed by atoms with Gasteiger partial charge in [0, 0.05) is 13.1 Å².